The molecule has 1 unspecified atom stereocenters. The number of imide groups is 1. The van der Waals surface area contributed by atoms with Gasteiger partial charge < -0.3 is 10.0 Å². The third kappa shape index (κ3) is 3.47. The van der Waals surface area contributed by atoms with Gasteiger partial charge >= 0.3 is 5.97 Å². The van der Waals surface area contributed by atoms with Crippen LogP contribution in [0.3, 0.4) is 0 Å². The number of carboxylic acids is 1. The largest absolute Gasteiger partial charge is 0.480 e. The fourth-order valence-corrected chi connectivity index (χ4v) is 3.59. The Hall–Kier alpha value is -2.70. The smallest absolute Gasteiger partial charge is 0.326 e. The van der Waals surface area contributed by atoms with Gasteiger partial charge in [0, 0.05) is 19.5 Å². The number of carbonyl (C=O) groups excluding carboxylic acids is 3. The van der Waals surface area contributed by atoms with E-state index in [-0.39, 0.29) is 29.9 Å². The molecule has 3 amide bonds. The Labute approximate surface area is 151 Å². The van der Waals surface area contributed by atoms with Crippen LogP contribution in [-0.2, 0) is 9.59 Å². The molecule has 2 aliphatic rings. The van der Waals surface area contributed by atoms with Crippen LogP contribution in [0.4, 0.5) is 0 Å². The lowest BCUT2D eigenvalue weighted by Crippen LogP contribution is -2.45. The van der Waals surface area contributed by atoms with Gasteiger partial charge in [0.05, 0.1) is 11.1 Å². The molecule has 138 valence electrons. The molecule has 0 spiro atoms. The van der Waals surface area contributed by atoms with E-state index < -0.39 is 23.8 Å². The molecule has 0 radical (unpaired) electrons. The van der Waals surface area contributed by atoms with Gasteiger partial charge in [0.15, 0.2) is 0 Å². The molecule has 1 aromatic rings. The topological polar surface area (TPSA) is 95.0 Å². The summed E-state index contributed by atoms with van der Waals surface area (Å²) in [5, 5.41) is 9.55. The van der Waals surface area contributed by atoms with Crippen molar-refractivity contribution in [3.8, 4) is 0 Å². The normalized spacial score (nSPS) is 18.5. The number of amides is 3. The Balaban J connectivity index is 1.70. The minimum Gasteiger partial charge on any atom is -0.480 e. The molecule has 3 rings (SSSR count). The van der Waals surface area contributed by atoms with Crippen molar-refractivity contribution in [2.75, 3.05) is 13.1 Å². The predicted molar refractivity (Wildman–Crippen MR) is 92.6 cm³/mol. The van der Waals surface area contributed by atoms with Gasteiger partial charge in [-0.05, 0) is 31.4 Å². The number of rotatable bonds is 5. The second-order valence-electron chi connectivity index (χ2n) is 6.71. The average molecular weight is 358 g/mol. The third-order valence-corrected chi connectivity index (χ3v) is 5.01. The van der Waals surface area contributed by atoms with Crippen molar-refractivity contribution in [1.29, 1.82) is 0 Å². The zero-order valence-electron chi connectivity index (χ0n) is 14.5. The van der Waals surface area contributed by atoms with Crippen LogP contribution in [-0.4, -0.2) is 57.7 Å². The maximum Gasteiger partial charge on any atom is 0.326 e. The summed E-state index contributed by atoms with van der Waals surface area (Å²) in [7, 11) is 0. The van der Waals surface area contributed by atoms with Crippen LogP contribution in [0.25, 0.3) is 0 Å². The van der Waals surface area contributed by atoms with Crippen LogP contribution in [0, 0.1) is 0 Å². The molecule has 0 saturated carbocycles. The molecule has 1 atom stereocenters. The number of benzene rings is 1. The monoisotopic (exact) mass is 358 g/mol. The standard InChI is InChI=1S/C19H22N2O5/c22-16(20-11-5-1-2-6-12-20)10-9-15(19(25)26)21-17(23)13-7-3-4-8-14(13)18(21)24/h3-4,7-8,15H,1-2,5-6,9-12H2,(H,25,26). The molecule has 0 aromatic heterocycles. The maximum atomic E-state index is 12.5. The fraction of sp³-hybridized carbons (Fsp3) is 0.474. The Morgan fingerprint density at radius 2 is 1.50 bits per heavy atom. The SMILES string of the molecule is O=C(O)C(CCC(=O)N1CCCCCC1)N1C(=O)c2ccccc2C1=O. The van der Waals surface area contributed by atoms with Gasteiger partial charge in [-0.1, -0.05) is 25.0 Å². The first kappa shape index (κ1) is 18.1. The molecule has 1 aromatic carbocycles. The van der Waals surface area contributed by atoms with E-state index in [9.17, 15) is 24.3 Å². The summed E-state index contributed by atoms with van der Waals surface area (Å²) in [5.74, 6) is -2.61. The van der Waals surface area contributed by atoms with Gasteiger partial charge in [0.25, 0.3) is 11.8 Å². The van der Waals surface area contributed by atoms with Crippen molar-refractivity contribution < 1.29 is 24.3 Å². The van der Waals surface area contributed by atoms with E-state index in [2.05, 4.69) is 0 Å². The lowest BCUT2D eigenvalue weighted by atomic mass is 10.1. The number of carbonyl (C=O) groups is 4. The van der Waals surface area contributed by atoms with Gasteiger partial charge in [0.2, 0.25) is 5.91 Å². The maximum absolute atomic E-state index is 12.5. The van der Waals surface area contributed by atoms with E-state index in [1.807, 2.05) is 0 Å². The molecule has 26 heavy (non-hydrogen) atoms. The average Bonchev–Trinajstić information content (AvgIpc) is 2.83. The molecule has 1 saturated heterocycles. The molecule has 1 fully saturated rings. The molecule has 7 heteroatoms. The molecule has 0 bridgehead atoms. The summed E-state index contributed by atoms with van der Waals surface area (Å²) in [6.07, 6.45) is 4.02. The van der Waals surface area contributed by atoms with E-state index in [1.54, 1.807) is 17.0 Å². The highest BCUT2D eigenvalue weighted by Crippen LogP contribution is 2.26. The lowest BCUT2D eigenvalue weighted by molar-refractivity contribution is -0.142. The van der Waals surface area contributed by atoms with Crippen molar-refractivity contribution in [3.05, 3.63) is 35.4 Å². The Kier molecular flexibility index (Phi) is 5.35. The van der Waals surface area contributed by atoms with Crippen molar-refractivity contribution in [2.45, 2.75) is 44.6 Å². The number of fused-ring (bicyclic) bond motifs is 1. The van der Waals surface area contributed by atoms with Crippen LogP contribution < -0.4 is 0 Å². The van der Waals surface area contributed by atoms with Gasteiger partial charge in [0.1, 0.15) is 6.04 Å². The molecule has 7 nitrogen and oxygen atoms in total. The molecule has 2 aliphatic heterocycles. The van der Waals surface area contributed by atoms with Gasteiger partial charge in [-0.15, -0.1) is 0 Å². The first-order valence-corrected chi connectivity index (χ1v) is 8.98. The fourth-order valence-electron chi connectivity index (χ4n) is 3.59. The molecular formula is C19H22N2O5. The quantitative estimate of drug-likeness (QED) is 0.812. The Morgan fingerprint density at radius 3 is 2.00 bits per heavy atom. The van der Waals surface area contributed by atoms with Crippen LogP contribution in [0.5, 0.6) is 0 Å². The highest BCUT2D eigenvalue weighted by Gasteiger charge is 2.42. The first-order chi connectivity index (χ1) is 12.5. The lowest BCUT2D eigenvalue weighted by Gasteiger charge is -2.24. The van der Waals surface area contributed by atoms with Gasteiger partial charge in [-0.2, -0.15) is 0 Å². The van der Waals surface area contributed by atoms with Gasteiger partial charge in [-0.25, -0.2) is 4.79 Å². The van der Waals surface area contributed by atoms with Crippen molar-refractivity contribution in [1.82, 2.24) is 9.80 Å². The second kappa shape index (κ2) is 7.68. The van der Waals surface area contributed by atoms with Crippen molar-refractivity contribution >= 4 is 23.7 Å². The zero-order chi connectivity index (χ0) is 18.7. The van der Waals surface area contributed by atoms with E-state index in [0.717, 1.165) is 30.6 Å². The summed E-state index contributed by atoms with van der Waals surface area (Å²) >= 11 is 0. The summed E-state index contributed by atoms with van der Waals surface area (Å²) in [6.45, 7) is 1.37. The number of aliphatic carboxylic acids is 1. The van der Waals surface area contributed by atoms with E-state index in [0.29, 0.717) is 13.1 Å². The molecule has 1 N–H and O–H groups in total. The first-order valence-electron chi connectivity index (χ1n) is 8.98. The summed E-state index contributed by atoms with van der Waals surface area (Å²) in [6, 6.07) is 4.95. The second-order valence-corrected chi connectivity index (χ2v) is 6.71. The molecular weight excluding hydrogens is 336 g/mol. The van der Waals surface area contributed by atoms with Crippen molar-refractivity contribution in [3.63, 3.8) is 0 Å². The highest BCUT2D eigenvalue weighted by atomic mass is 16.4. The number of hydrogen-bond acceptors (Lipinski definition) is 4. The number of nitrogens with zero attached hydrogens (tertiary/aromatic N) is 2. The number of hydrogen-bond donors (Lipinski definition) is 1. The van der Waals surface area contributed by atoms with E-state index >= 15 is 0 Å². The Bertz CT molecular complexity index is 702. The minimum atomic E-state index is -1.33. The minimum absolute atomic E-state index is 0.00434. The molecule has 0 aliphatic carbocycles. The summed E-state index contributed by atoms with van der Waals surface area (Å²) < 4.78 is 0. The van der Waals surface area contributed by atoms with Crippen LogP contribution in [0.2, 0.25) is 0 Å². The van der Waals surface area contributed by atoms with Gasteiger partial charge in [-0.3, -0.25) is 19.3 Å². The van der Waals surface area contributed by atoms with Crippen LogP contribution >= 0.6 is 0 Å². The van der Waals surface area contributed by atoms with Crippen LogP contribution in [0.1, 0.15) is 59.2 Å². The molecule has 2 heterocycles. The van der Waals surface area contributed by atoms with E-state index in [4.69, 9.17) is 0 Å². The zero-order valence-corrected chi connectivity index (χ0v) is 14.5. The van der Waals surface area contributed by atoms with Crippen LogP contribution in [0.15, 0.2) is 24.3 Å². The Morgan fingerprint density at radius 1 is 0.962 bits per heavy atom. The summed E-state index contributed by atoms with van der Waals surface area (Å²) in [5.41, 5.74) is 0.421. The highest BCUT2D eigenvalue weighted by molar-refractivity contribution is 6.22. The number of likely N-dealkylation sites (tertiary alicyclic amines) is 1. The number of carboxylic acid groups (broad SMARTS) is 1. The predicted octanol–water partition coefficient (Wildman–Crippen LogP) is 1.92. The van der Waals surface area contributed by atoms with E-state index in [1.165, 1.54) is 12.1 Å². The summed E-state index contributed by atoms with van der Waals surface area (Å²) in [4.78, 5) is 51.6. The third-order valence-electron chi connectivity index (χ3n) is 5.01. The van der Waals surface area contributed by atoms with Crippen molar-refractivity contribution in [2.24, 2.45) is 0 Å².